The summed E-state index contributed by atoms with van der Waals surface area (Å²) in [6, 6.07) is 9.46. The van der Waals surface area contributed by atoms with E-state index < -0.39 is 0 Å². The van der Waals surface area contributed by atoms with Gasteiger partial charge in [-0.1, -0.05) is 44.5 Å². The smallest absolute Gasteiger partial charge is 0.0307 e. The summed E-state index contributed by atoms with van der Waals surface area (Å²) in [5, 5.41) is 3.75. The fourth-order valence-corrected chi connectivity index (χ4v) is 3.17. The summed E-state index contributed by atoms with van der Waals surface area (Å²) >= 11 is 0. The van der Waals surface area contributed by atoms with Crippen LogP contribution in [0, 0.1) is 6.92 Å². The van der Waals surface area contributed by atoms with E-state index >= 15 is 0 Å². The highest BCUT2D eigenvalue weighted by Gasteiger charge is 2.35. The molecule has 0 aromatic heterocycles. The second-order valence-electron chi connectivity index (χ2n) is 6.52. The molecule has 1 aliphatic rings. The van der Waals surface area contributed by atoms with Gasteiger partial charge in [0.1, 0.15) is 0 Å². The number of nitrogens with one attached hydrogen (secondary N) is 1. The van der Waals surface area contributed by atoms with Gasteiger partial charge in [0.25, 0.3) is 0 Å². The first-order valence-corrected chi connectivity index (χ1v) is 8.12. The molecule has 1 aromatic rings. The van der Waals surface area contributed by atoms with Crippen LogP contribution in [-0.2, 0) is 6.54 Å². The van der Waals surface area contributed by atoms with E-state index in [2.05, 4.69) is 62.2 Å². The first-order chi connectivity index (χ1) is 9.59. The number of piperazine rings is 1. The minimum Gasteiger partial charge on any atom is -0.311 e. The minimum atomic E-state index is 0.284. The van der Waals surface area contributed by atoms with Gasteiger partial charge in [0.2, 0.25) is 0 Å². The SMILES string of the molecule is CCCC1CN(Cc2ccccc2C)C(C)(CC)CN1. The highest BCUT2D eigenvalue weighted by Crippen LogP contribution is 2.26. The Hall–Kier alpha value is -0.860. The standard InChI is InChI=1S/C18H30N2/c1-5-9-17-13-20(18(4,6-2)14-19-17)12-16-11-8-7-10-15(16)3/h7-8,10-11,17,19H,5-6,9,12-14H2,1-4H3. The predicted molar refractivity (Wildman–Crippen MR) is 87.0 cm³/mol. The Morgan fingerprint density at radius 2 is 2.05 bits per heavy atom. The highest BCUT2D eigenvalue weighted by atomic mass is 15.3. The first-order valence-electron chi connectivity index (χ1n) is 8.12. The Bertz CT molecular complexity index is 429. The van der Waals surface area contributed by atoms with Crippen molar-refractivity contribution in [2.45, 2.75) is 65.1 Å². The fraction of sp³-hybridized carbons (Fsp3) is 0.667. The van der Waals surface area contributed by atoms with Gasteiger partial charge < -0.3 is 5.32 Å². The Kier molecular flexibility index (Phi) is 5.22. The van der Waals surface area contributed by atoms with Crippen LogP contribution in [0.1, 0.15) is 51.2 Å². The Morgan fingerprint density at radius 3 is 2.70 bits per heavy atom. The topological polar surface area (TPSA) is 15.3 Å². The van der Waals surface area contributed by atoms with Crippen molar-refractivity contribution in [2.75, 3.05) is 13.1 Å². The second-order valence-corrected chi connectivity index (χ2v) is 6.52. The molecule has 0 bridgehead atoms. The van der Waals surface area contributed by atoms with Crippen LogP contribution in [0.15, 0.2) is 24.3 Å². The fourth-order valence-electron chi connectivity index (χ4n) is 3.17. The molecule has 2 nitrogen and oxygen atoms in total. The summed E-state index contributed by atoms with van der Waals surface area (Å²) < 4.78 is 0. The molecule has 1 N–H and O–H groups in total. The molecule has 2 rings (SSSR count). The summed E-state index contributed by atoms with van der Waals surface area (Å²) in [7, 11) is 0. The van der Waals surface area contributed by atoms with Crippen molar-refractivity contribution in [3.8, 4) is 0 Å². The van der Waals surface area contributed by atoms with Crippen LogP contribution in [0.3, 0.4) is 0 Å². The van der Waals surface area contributed by atoms with E-state index in [1.54, 1.807) is 0 Å². The van der Waals surface area contributed by atoms with Crippen molar-refractivity contribution >= 4 is 0 Å². The molecule has 1 aromatic carbocycles. The van der Waals surface area contributed by atoms with Crippen LogP contribution >= 0.6 is 0 Å². The third kappa shape index (κ3) is 3.42. The number of aryl methyl sites for hydroxylation is 1. The van der Waals surface area contributed by atoms with Gasteiger partial charge in [-0.2, -0.15) is 0 Å². The normalized spacial score (nSPS) is 27.7. The summed E-state index contributed by atoms with van der Waals surface area (Å²) in [5.41, 5.74) is 3.17. The van der Waals surface area contributed by atoms with E-state index in [1.165, 1.54) is 36.9 Å². The van der Waals surface area contributed by atoms with Gasteiger partial charge in [0.15, 0.2) is 0 Å². The molecule has 0 saturated carbocycles. The number of rotatable bonds is 5. The third-order valence-electron chi connectivity index (χ3n) is 5.00. The maximum absolute atomic E-state index is 3.75. The molecule has 0 spiro atoms. The van der Waals surface area contributed by atoms with Crippen LogP contribution in [-0.4, -0.2) is 29.6 Å². The average molecular weight is 274 g/mol. The summed E-state index contributed by atoms with van der Waals surface area (Å²) in [5.74, 6) is 0. The second kappa shape index (κ2) is 6.73. The molecular formula is C18H30N2. The Morgan fingerprint density at radius 1 is 1.30 bits per heavy atom. The largest absolute Gasteiger partial charge is 0.311 e. The Balaban J connectivity index is 2.13. The molecule has 20 heavy (non-hydrogen) atoms. The number of benzene rings is 1. The maximum Gasteiger partial charge on any atom is 0.0307 e. The highest BCUT2D eigenvalue weighted by molar-refractivity contribution is 5.25. The quantitative estimate of drug-likeness (QED) is 0.880. The van der Waals surface area contributed by atoms with E-state index in [9.17, 15) is 0 Å². The summed E-state index contributed by atoms with van der Waals surface area (Å²) in [6.45, 7) is 12.6. The van der Waals surface area contributed by atoms with Crippen LogP contribution < -0.4 is 5.32 Å². The lowest BCUT2D eigenvalue weighted by atomic mass is 9.90. The number of nitrogens with zero attached hydrogens (tertiary/aromatic N) is 1. The van der Waals surface area contributed by atoms with E-state index in [4.69, 9.17) is 0 Å². The van der Waals surface area contributed by atoms with Crippen LogP contribution in [0.2, 0.25) is 0 Å². The van der Waals surface area contributed by atoms with Crippen molar-refractivity contribution in [1.82, 2.24) is 10.2 Å². The van der Waals surface area contributed by atoms with Crippen LogP contribution in [0.5, 0.6) is 0 Å². The van der Waals surface area contributed by atoms with Gasteiger partial charge in [-0.15, -0.1) is 0 Å². The van der Waals surface area contributed by atoms with Crippen LogP contribution in [0.4, 0.5) is 0 Å². The van der Waals surface area contributed by atoms with Gasteiger partial charge in [0.05, 0.1) is 0 Å². The predicted octanol–water partition coefficient (Wildman–Crippen LogP) is 3.74. The molecule has 2 atom stereocenters. The molecule has 1 aliphatic heterocycles. The van der Waals surface area contributed by atoms with Crippen molar-refractivity contribution < 1.29 is 0 Å². The van der Waals surface area contributed by atoms with Gasteiger partial charge >= 0.3 is 0 Å². The lowest BCUT2D eigenvalue weighted by Crippen LogP contribution is -2.62. The van der Waals surface area contributed by atoms with Crippen LogP contribution in [0.25, 0.3) is 0 Å². The van der Waals surface area contributed by atoms with E-state index in [1.807, 2.05) is 0 Å². The maximum atomic E-state index is 3.75. The molecule has 0 amide bonds. The van der Waals surface area contributed by atoms with Crippen molar-refractivity contribution in [3.05, 3.63) is 35.4 Å². The average Bonchev–Trinajstić information content (AvgIpc) is 2.45. The zero-order valence-corrected chi connectivity index (χ0v) is 13.6. The molecule has 2 heteroatoms. The lowest BCUT2D eigenvalue weighted by molar-refractivity contribution is 0.0395. The monoisotopic (exact) mass is 274 g/mol. The van der Waals surface area contributed by atoms with Crippen molar-refractivity contribution in [3.63, 3.8) is 0 Å². The molecule has 0 aliphatic carbocycles. The zero-order valence-electron chi connectivity index (χ0n) is 13.6. The van der Waals surface area contributed by atoms with Crippen molar-refractivity contribution in [2.24, 2.45) is 0 Å². The van der Waals surface area contributed by atoms with Gasteiger partial charge in [0, 0.05) is 31.2 Å². The zero-order chi connectivity index (χ0) is 14.6. The minimum absolute atomic E-state index is 0.284. The van der Waals surface area contributed by atoms with E-state index in [-0.39, 0.29) is 5.54 Å². The first kappa shape index (κ1) is 15.5. The molecule has 1 fully saturated rings. The molecule has 2 unspecified atom stereocenters. The molecule has 1 saturated heterocycles. The van der Waals surface area contributed by atoms with E-state index in [0.717, 1.165) is 13.1 Å². The Labute approximate surface area is 124 Å². The van der Waals surface area contributed by atoms with Gasteiger partial charge in [-0.25, -0.2) is 0 Å². The lowest BCUT2D eigenvalue weighted by Gasteiger charge is -2.48. The summed E-state index contributed by atoms with van der Waals surface area (Å²) in [6.07, 6.45) is 3.74. The van der Waals surface area contributed by atoms with Gasteiger partial charge in [-0.3, -0.25) is 4.90 Å². The van der Waals surface area contributed by atoms with Crippen molar-refractivity contribution in [1.29, 1.82) is 0 Å². The summed E-state index contributed by atoms with van der Waals surface area (Å²) in [4.78, 5) is 2.70. The molecule has 1 heterocycles. The molecule has 0 radical (unpaired) electrons. The molecule has 112 valence electrons. The third-order valence-corrected chi connectivity index (χ3v) is 5.00. The van der Waals surface area contributed by atoms with Gasteiger partial charge in [-0.05, 0) is 37.8 Å². The number of hydrogen-bond donors (Lipinski definition) is 1. The van der Waals surface area contributed by atoms with E-state index in [0.29, 0.717) is 6.04 Å². The molecular weight excluding hydrogens is 244 g/mol. The number of hydrogen-bond acceptors (Lipinski definition) is 2.